The van der Waals surface area contributed by atoms with Gasteiger partial charge in [0.2, 0.25) is 29.5 Å². The summed E-state index contributed by atoms with van der Waals surface area (Å²) in [5, 5.41) is 25.6. The van der Waals surface area contributed by atoms with Crippen LogP contribution in [0.2, 0.25) is 0 Å². The van der Waals surface area contributed by atoms with Crippen LogP contribution in [0.5, 0.6) is 0 Å². The van der Waals surface area contributed by atoms with Crippen molar-refractivity contribution in [2.75, 3.05) is 0 Å². The molecule has 0 aromatic carbocycles. The molecule has 0 aliphatic rings. The summed E-state index contributed by atoms with van der Waals surface area (Å²) in [5.41, 5.74) is 15.7. The minimum atomic E-state index is -1.56. The molecule has 0 heterocycles. The highest BCUT2D eigenvalue weighted by Gasteiger charge is 2.33. The number of nitrogens with one attached hydrogen (secondary N) is 3. The Balaban J connectivity index is 5.59. The Morgan fingerprint density at radius 3 is 1.82 bits per heavy atom. The van der Waals surface area contributed by atoms with E-state index in [1.54, 1.807) is 13.8 Å². The third-order valence-electron chi connectivity index (χ3n) is 4.95. The zero-order valence-electron chi connectivity index (χ0n) is 18.9. The summed E-state index contributed by atoms with van der Waals surface area (Å²) in [7, 11) is 0. The number of primary amides is 2. The van der Waals surface area contributed by atoms with Crippen molar-refractivity contribution in [3.05, 3.63) is 0 Å². The highest BCUT2D eigenvalue weighted by atomic mass is 16.4. The van der Waals surface area contributed by atoms with E-state index in [9.17, 15) is 39.0 Å². The molecule has 0 rings (SSSR count). The second-order valence-electron chi connectivity index (χ2n) is 7.77. The first kappa shape index (κ1) is 29.7. The van der Waals surface area contributed by atoms with Gasteiger partial charge in [-0.05, 0) is 19.3 Å². The van der Waals surface area contributed by atoms with Crippen molar-refractivity contribution in [1.82, 2.24) is 16.0 Å². The van der Waals surface area contributed by atoms with Crippen LogP contribution in [0.1, 0.15) is 46.5 Å². The van der Waals surface area contributed by atoms with E-state index in [4.69, 9.17) is 17.2 Å². The van der Waals surface area contributed by atoms with E-state index in [2.05, 4.69) is 16.0 Å². The monoisotopic (exact) mass is 474 g/mol. The molecule has 0 aromatic heterocycles. The van der Waals surface area contributed by atoms with Gasteiger partial charge in [0, 0.05) is 6.42 Å². The molecule has 0 spiro atoms. The zero-order valence-corrected chi connectivity index (χ0v) is 18.9. The minimum Gasteiger partial charge on any atom is -0.480 e. The van der Waals surface area contributed by atoms with E-state index < -0.39 is 78.1 Å². The number of aliphatic hydroxyl groups excluding tert-OH is 1. The van der Waals surface area contributed by atoms with Crippen LogP contribution >= 0.6 is 0 Å². The Morgan fingerprint density at radius 2 is 1.39 bits per heavy atom. The van der Waals surface area contributed by atoms with Crippen molar-refractivity contribution in [2.24, 2.45) is 23.1 Å². The van der Waals surface area contributed by atoms with Gasteiger partial charge in [-0.3, -0.25) is 24.0 Å². The number of nitrogens with two attached hydrogens (primary N) is 3. The summed E-state index contributed by atoms with van der Waals surface area (Å²) in [6.07, 6.45) is -2.05. The van der Waals surface area contributed by atoms with Crippen LogP contribution in [0.4, 0.5) is 0 Å². The summed E-state index contributed by atoms with van der Waals surface area (Å²) >= 11 is 0. The van der Waals surface area contributed by atoms with Crippen molar-refractivity contribution >= 4 is 35.5 Å². The van der Waals surface area contributed by atoms with Gasteiger partial charge >= 0.3 is 5.97 Å². The molecule has 0 saturated heterocycles. The van der Waals surface area contributed by atoms with Gasteiger partial charge < -0.3 is 43.4 Å². The Bertz CT molecular complexity index is 744. The van der Waals surface area contributed by atoms with E-state index in [1.807, 2.05) is 0 Å². The van der Waals surface area contributed by atoms with Gasteiger partial charge in [-0.25, -0.2) is 4.79 Å². The number of amides is 5. The molecule has 33 heavy (non-hydrogen) atoms. The number of carbonyl (C=O) groups excluding carboxylic acids is 5. The minimum absolute atomic E-state index is 0.309. The first-order valence-corrected chi connectivity index (χ1v) is 10.3. The number of carboxylic acid groups (broad SMARTS) is 1. The van der Waals surface area contributed by atoms with Gasteiger partial charge in [-0.2, -0.15) is 0 Å². The van der Waals surface area contributed by atoms with Crippen LogP contribution in [-0.4, -0.2) is 76.0 Å². The average molecular weight is 475 g/mol. The number of hydrogen-bond donors (Lipinski definition) is 8. The molecule has 0 aliphatic carbocycles. The molecule has 0 saturated carbocycles. The summed E-state index contributed by atoms with van der Waals surface area (Å²) in [4.78, 5) is 71.4. The number of carboxylic acids is 1. The highest BCUT2D eigenvalue weighted by molar-refractivity contribution is 5.96. The van der Waals surface area contributed by atoms with Gasteiger partial charge in [0.25, 0.3) is 0 Å². The number of aliphatic hydroxyl groups is 1. The number of rotatable bonds is 15. The topological polar surface area (TPSA) is 257 Å². The van der Waals surface area contributed by atoms with Crippen LogP contribution in [0, 0.1) is 5.92 Å². The van der Waals surface area contributed by atoms with Crippen LogP contribution in [-0.2, 0) is 28.8 Å². The molecule has 6 atom stereocenters. The van der Waals surface area contributed by atoms with Crippen molar-refractivity contribution in [2.45, 2.75) is 76.7 Å². The van der Waals surface area contributed by atoms with Gasteiger partial charge in [-0.1, -0.05) is 20.3 Å². The molecular formula is C19H34N6O8. The third-order valence-corrected chi connectivity index (χ3v) is 4.95. The van der Waals surface area contributed by atoms with Gasteiger partial charge in [0.1, 0.15) is 24.2 Å². The fraction of sp³-hybridized carbons (Fsp3) is 0.684. The van der Waals surface area contributed by atoms with E-state index in [1.165, 1.54) is 6.92 Å². The predicted octanol–water partition coefficient (Wildman–Crippen LogP) is -3.58. The van der Waals surface area contributed by atoms with Crippen molar-refractivity contribution in [1.29, 1.82) is 0 Å². The van der Waals surface area contributed by atoms with Crippen LogP contribution in [0.3, 0.4) is 0 Å². The molecule has 5 amide bonds. The van der Waals surface area contributed by atoms with Gasteiger partial charge in [0.05, 0.1) is 12.5 Å². The fourth-order valence-corrected chi connectivity index (χ4v) is 2.66. The van der Waals surface area contributed by atoms with Crippen LogP contribution < -0.4 is 33.2 Å². The van der Waals surface area contributed by atoms with Crippen molar-refractivity contribution in [3.63, 3.8) is 0 Å². The molecular weight excluding hydrogens is 440 g/mol. The summed E-state index contributed by atoms with van der Waals surface area (Å²) in [5.74, 6) is -6.31. The highest BCUT2D eigenvalue weighted by Crippen LogP contribution is 2.10. The maximum absolute atomic E-state index is 12.9. The van der Waals surface area contributed by atoms with E-state index in [0.29, 0.717) is 6.42 Å². The standard InChI is InChI=1S/C19H34N6O8/c1-4-8(2)15(25-17(30)14(22)9(3)26)18(31)24-11(7-13(21)28)16(29)23-10(19(32)33)5-6-12(20)27/h8-11,14-15,26H,4-7,22H2,1-3H3,(H2,20,27)(H2,21,28)(H,23,29)(H,24,31)(H,25,30)(H,32,33). The lowest BCUT2D eigenvalue weighted by Crippen LogP contribution is -2.60. The van der Waals surface area contributed by atoms with Crippen molar-refractivity contribution in [3.8, 4) is 0 Å². The molecule has 0 aliphatic heterocycles. The van der Waals surface area contributed by atoms with E-state index >= 15 is 0 Å². The molecule has 188 valence electrons. The van der Waals surface area contributed by atoms with Gasteiger partial charge in [-0.15, -0.1) is 0 Å². The third kappa shape index (κ3) is 10.7. The Labute approximate surface area is 191 Å². The molecule has 14 heteroatoms. The smallest absolute Gasteiger partial charge is 0.326 e. The quantitative estimate of drug-likeness (QED) is 0.116. The van der Waals surface area contributed by atoms with Crippen molar-refractivity contribution < 1.29 is 39.0 Å². The summed E-state index contributed by atoms with van der Waals surface area (Å²) in [6.45, 7) is 4.69. The number of carbonyl (C=O) groups is 6. The normalized spacial score (nSPS) is 16.3. The molecule has 0 bridgehead atoms. The average Bonchev–Trinajstić information content (AvgIpc) is 2.71. The Hall–Kier alpha value is -3.26. The Morgan fingerprint density at radius 1 is 0.848 bits per heavy atom. The second-order valence-corrected chi connectivity index (χ2v) is 7.77. The lowest BCUT2D eigenvalue weighted by molar-refractivity contribution is -0.143. The molecule has 6 unspecified atom stereocenters. The lowest BCUT2D eigenvalue weighted by Gasteiger charge is -2.28. The first-order chi connectivity index (χ1) is 15.2. The van der Waals surface area contributed by atoms with E-state index in [-0.39, 0.29) is 12.8 Å². The summed E-state index contributed by atoms with van der Waals surface area (Å²) < 4.78 is 0. The largest absolute Gasteiger partial charge is 0.480 e. The summed E-state index contributed by atoms with van der Waals surface area (Å²) in [6, 6.07) is -5.55. The van der Waals surface area contributed by atoms with Crippen LogP contribution in [0.25, 0.3) is 0 Å². The second kappa shape index (κ2) is 14.0. The van der Waals surface area contributed by atoms with Crippen LogP contribution in [0.15, 0.2) is 0 Å². The molecule has 0 aromatic rings. The Kier molecular flexibility index (Phi) is 12.6. The van der Waals surface area contributed by atoms with E-state index in [0.717, 1.165) is 0 Å². The van der Waals surface area contributed by atoms with Gasteiger partial charge in [0.15, 0.2) is 0 Å². The SMILES string of the molecule is CCC(C)C(NC(=O)C(N)C(C)O)C(=O)NC(CC(N)=O)C(=O)NC(CCC(N)=O)C(=O)O. The lowest BCUT2D eigenvalue weighted by atomic mass is 9.97. The molecule has 0 fully saturated rings. The molecule has 0 radical (unpaired) electrons. The molecule has 14 nitrogen and oxygen atoms in total. The number of hydrogen-bond acceptors (Lipinski definition) is 8. The maximum Gasteiger partial charge on any atom is 0.326 e. The predicted molar refractivity (Wildman–Crippen MR) is 115 cm³/mol. The molecule has 11 N–H and O–H groups in total. The number of aliphatic carboxylic acids is 1. The fourth-order valence-electron chi connectivity index (χ4n) is 2.66. The maximum atomic E-state index is 12.9. The zero-order chi connectivity index (χ0) is 25.9. The first-order valence-electron chi connectivity index (χ1n) is 10.3.